The largest absolute Gasteiger partial charge is 0.480 e. The third kappa shape index (κ3) is 3.43. The summed E-state index contributed by atoms with van der Waals surface area (Å²) in [6.07, 6.45) is -4.04. The van der Waals surface area contributed by atoms with Crippen LogP contribution in [0.25, 0.3) is 0 Å². The first-order chi connectivity index (χ1) is 8.99. The van der Waals surface area contributed by atoms with Gasteiger partial charge in [0.1, 0.15) is 0 Å². The molecule has 0 aliphatic rings. The molecular weight excluding hydrogens is 257 g/mol. The highest BCUT2D eigenvalue weighted by atomic mass is 19.4. The van der Waals surface area contributed by atoms with E-state index in [0.29, 0.717) is 23.6 Å². The van der Waals surface area contributed by atoms with Gasteiger partial charge in [0, 0.05) is 12.5 Å². The Morgan fingerprint density at radius 1 is 1.11 bits per heavy atom. The molecule has 1 aromatic carbocycles. The zero-order valence-corrected chi connectivity index (χ0v) is 10.1. The first-order valence-electron chi connectivity index (χ1n) is 5.52. The maximum absolute atomic E-state index is 12.6. The van der Waals surface area contributed by atoms with E-state index in [0.717, 1.165) is 12.1 Å². The molecule has 6 heteroatoms. The van der Waals surface area contributed by atoms with Gasteiger partial charge >= 0.3 is 6.18 Å². The Morgan fingerprint density at radius 2 is 1.89 bits per heavy atom. The Bertz CT molecular complexity index is 553. The highest BCUT2D eigenvalue weighted by Crippen LogP contribution is 2.29. The van der Waals surface area contributed by atoms with Crippen molar-refractivity contribution in [2.24, 2.45) is 0 Å². The number of hydrogen-bond donors (Lipinski definition) is 0. The SMILES string of the molecule is COc1ccc(Cc2cccc(C(F)(F)F)c2)nn1. The lowest BCUT2D eigenvalue weighted by molar-refractivity contribution is -0.137. The summed E-state index contributed by atoms with van der Waals surface area (Å²) in [5.41, 5.74) is 0.459. The summed E-state index contributed by atoms with van der Waals surface area (Å²) in [5, 5.41) is 7.65. The molecular formula is C13H11F3N2O. The minimum absolute atomic E-state index is 0.293. The van der Waals surface area contributed by atoms with Gasteiger partial charge in [0.05, 0.1) is 18.4 Å². The summed E-state index contributed by atoms with van der Waals surface area (Å²) < 4.78 is 42.5. The van der Waals surface area contributed by atoms with E-state index < -0.39 is 11.7 Å². The summed E-state index contributed by atoms with van der Waals surface area (Å²) in [6, 6.07) is 8.47. The fourth-order valence-electron chi connectivity index (χ4n) is 1.62. The van der Waals surface area contributed by atoms with E-state index in [1.165, 1.54) is 13.2 Å². The van der Waals surface area contributed by atoms with Crippen molar-refractivity contribution in [3.8, 4) is 5.88 Å². The van der Waals surface area contributed by atoms with Crippen LogP contribution in [-0.4, -0.2) is 17.3 Å². The molecule has 0 atom stereocenters. The highest BCUT2D eigenvalue weighted by molar-refractivity contribution is 5.29. The molecule has 19 heavy (non-hydrogen) atoms. The standard InChI is InChI=1S/C13H11F3N2O/c1-19-12-6-5-11(17-18-12)8-9-3-2-4-10(7-9)13(14,15)16/h2-7H,8H2,1H3. The van der Waals surface area contributed by atoms with Crippen LogP contribution in [0.3, 0.4) is 0 Å². The van der Waals surface area contributed by atoms with Gasteiger partial charge in [-0.25, -0.2) is 0 Å². The van der Waals surface area contributed by atoms with E-state index in [1.54, 1.807) is 18.2 Å². The smallest absolute Gasteiger partial charge is 0.416 e. The van der Waals surface area contributed by atoms with E-state index in [4.69, 9.17) is 4.74 Å². The van der Waals surface area contributed by atoms with E-state index in [1.807, 2.05) is 0 Å². The van der Waals surface area contributed by atoms with Crippen molar-refractivity contribution < 1.29 is 17.9 Å². The molecule has 0 N–H and O–H groups in total. The molecule has 0 aliphatic heterocycles. The first kappa shape index (κ1) is 13.3. The highest BCUT2D eigenvalue weighted by Gasteiger charge is 2.30. The van der Waals surface area contributed by atoms with Crippen LogP contribution in [0.15, 0.2) is 36.4 Å². The van der Waals surface area contributed by atoms with E-state index in [9.17, 15) is 13.2 Å². The molecule has 0 aliphatic carbocycles. The third-order valence-corrected chi connectivity index (χ3v) is 2.54. The van der Waals surface area contributed by atoms with Crippen LogP contribution in [0.5, 0.6) is 5.88 Å². The molecule has 100 valence electrons. The quantitative estimate of drug-likeness (QED) is 0.858. The number of ether oxygens (including phenoxy) is 1. The molecule has 3 nitrogen and oxygen atoms in total. The predicted molar refractivity (Wildman–Crippen MR) is 62.8 cm³/mol. The van der Waals surface area contributed by atoms with Crippen LogP contribution >= 0.6 is 0 Å². The topological polar surface area (TPSA) is 35.0 Å². The van der Waals surface area contributed by atoms with E-state index in [2.05, 4.69) is 10.2 Å². The molecule has 1 heterocycles. The van der Waals surface area contributed by atoms with Gasteiger partial charge in [-0.2, -0.15) is 18.3 Å². The van der Waals surface area contributed by atoms with Crippen LogP contribution in [0, 0.1) is 0 Å². The van der Waals surface area contributed by atoms with Crippen LogP contribution in [0.4, 0.5) is 13.2 Å². The van der Waals surface area contributed by atoms with Crippen molar-refractivity contribution in [1.82, 2.24) is 10.2 Å². The van der Waals surface area contributed by atoms with Crippen molar-refractivity contribution in [3.05, 3.63) is 53.2 Å². The molecule has 0 bridgehead atoms. The Labute approximate surface area is 108 Å². The lowest BCUT2D eigenvalue weighted by Crippen LogP contribution is -2.05. The van der Waals surface area contributed by atoms with Crippen molar-refractivity contribution in [2.45, 2.75) is 12.6 Å². The Balaban J connectivity index is 2.18. The van der Waals surface area contributed by atoms with Crippen LogP contribution in [0.1, 0.15) is 16.8 Å². The number of benzene rings is 1. The number of nitrogens with zero attached hydrogens (tertiary/aromatic N) is 2. The summed E-state index contributed by atoms with van der Waals surface area (Å²) in [4.78, 5) is 0. The number of alkyl halides is 3. The number of methoxy groups -OCH3 is 1. The van der Waals surface area contributed by atoms with Crippen molar-refractivity contribution in [1.29, 1.82) is 0 Å². The van der Waals surface area contributed by atoms with E-state index >= 15 is 0 Å². The second kappa shape index (κ2) is 5.26. The first-order valence-corrected chi connectivity index (χ1v) is 5.52. The Morgan fingerprint density at radius 3 is 2.47 bits per heavy atom. The van der Waals surface area contributed by atoms with Crippen molar-refractivity contribution in [2.75, 3.05) is 7.11 Å². The lowest BCUT2D eigenvalue weighted by Gasteiger charge is -2.08. The lowest BCUT2D eigenvalue weighted by atomic mass is 10.1. The predicted octanol–water partition coefficient (Wildman–Crippen LogP) is 3.09. The van der Waals surface area contributed by atoms with E-state index in [-0.39, 0.29) is 0 Å². The van der Waals surface area contributed by atoms with Gasteiger partial charge in [-0.1, -0.05) is 18.2 Å². The minimum Gasteiger partial charge on any atom is -0.480 e. The summed E-state index contributed by atoms with van der Waals surface area (Å²) in [5.74, 6) is 0.368. The molecule has 0 spiro atoms. The molecule has 2 aromatic rings. The summed E-state index contributed by atoms with van der Waals surface area (Å²) in [7, 11) is 1.47. The zero-order chi connectivity index (χ0) is 13.9. The van der Waals surface area contributed by atoms with Crippen molar-refractivity contribution in [3.63, 3.8) is 0 Å². The van der Waals surface area contributed by atoms with Crippen LogP contribution < -0.4 is 4.74 Å². The molecule has 1 aromatic heterocycles. The third-order valence-electron chi connectivity index (χ3n) is 2.54. The monoisotopic (exact) mass is 268 g/mol. The summed E-state index contributed by atoms with van der Waals surface area (Å²) >= 11 is 0. The maximum atomic E-state index is 12.6. The maximum Gasteiger partial charge on any atom is 0.416 e. The molecule has 0 amide bonds. The van der Waals surface area contributed by atoms with Gasteiger partial charge in [-0.05, 0) is 17.7 Å². The van der Waals surface area contributed by atoms with Crippen LogP contribution in [-0.2, 0) is 12.6 Å². The molecule has 2 rings (SSSR count). The number of aromatic nitrogens is 2. The van der Waals surface area contributed by atoms with Crippen molar-refractivity contribution >= 4 is 0 Å². The fraction of sp³-hybridized carbons (Fsp3) is 0.231. The molecule has 0 saturated heterocycles. The molecule has 0 radical (unpaired) electrons. The van der Waals surface area contributed by atoms with Crippen LogP contribution in [0.2, 0.25) is 0 Å². The number of hydrogen-bond acceptors (Lipinski definition) is 3. The van der Waals surface area contributed by atoms with Gasteiger partial charge in [0.2, 0.25) is 5.88 Å². The Hall–Kier alpha value is -2.11. The van der Waals surface area contributed by atoms with Gasteiger partial charge in [0.15, 0.2) is 0 Å². The minimum atomic E-state index is -4.33. The average molecular weight is 268 g/mol. The second-order valence-corrected chi connectivity index (χ2v) is 3.94. The number of rotatable bonds is 3. The van der Waals surface area contributed by atoms with Gasteiger partial charge in [0.25, 0.3) is 0 Å². The average Bonchev–Trinajstić information content (AvgIpc) is 2.39. The fourth-order valence-corrected chi connectivity index (χ4v) is 1.62. The normalized spacial score (nSPS) is 11.4. The van der Waals surface area contributed by atoms with Gasteiger partial charge < -0.3 is 4.74 Å². The number of halogens is 3. The van der Waals surface area contributed by atoms with Gasteiger partial charge in [-0.3, -0.25) is 0 Å². The summed E-state index contributed by atoms with van der Waals surface area (Å²) in [6.45, 7) is 0. The molecule has 0 unspecified atom stereocenters. The zero-order valence-electron chi connectivity index (χ0n) is 10.1. The molecule has 0 fully saturated rings. The second-order valence-electron chi connectivity index (χ2n) is 3.94. The Kier molecular flexibility index (Phi) is 3.69. The molecule has 0 saturated carbocycles. The van der Waals surface area contributed by atoms with Gasteiger partial charge in [-0.15, -0.1) is 5.10 Å².